The van der Waals surface area contributed by atoms with Gasteiger partial charge in [-0.15, -0.1) is 0 Å². The summed E-state index contributed by atoms with van der Waals surface area (Å²) in [6, 6.07) is 8.99. The van der Waals surface area contributed by atoms with Gasteiger partial charge in [-0.1, -0.05) is 11.6 Å². The second-order valence-electron chi connectivity index (χ2n) is 6.54. The second-order valence-corrected chi connectivity index (χ2v) is 8.91. The molecule has 168 valence electrons. The molecule has 0 aromatic heterocycles. The third-order valence-corrected chi connectivity index (χ3v) is 6.45. The highest BCUT2D eigenvalue weighted by Gasteiger charge is 2.29. The van der Waals surface area contributed by atoms with Crippen LogP contribution in [-0.4, -0.2) is 57.7 Å². The molecule has 0 saturated carbocycles. The van der Waals surface area contributed by atoms with Crippen molar-refractivity contribution in [2.75, 3.05) is 38.2 Å². The van der Waals surface area contributed by atoms with Crippen LogP contribution in [0.2, 0.25) is 5.02 Å². The molecule has 1 aliphatic heterocycles. The van der Waals surface area contributed by atoms with E-state index in [0.29, 0.717) is 13.2 Å². The van der Waals surface area contributed by atoms with Gasteiger partial charge in [0.1, 0.15) is 5.75 Å². The summed E-state index contributed by atoms with van der Waals surface area (Å²) in [7, 11) is -3.72. The van der Waals surface area contributed by atoms with Crippen molar-refractivity contribution in [3.63, 3.8) is 0 Å². The quantitative estimate of drug-likeness (QED) is 0.686. The van der Waals surface area contributed by atoms with Crippen LogP contribution >= 0.6 is 11.6 Å². The number of morpholine rings is 1. The van der Waals surface area contributed by atoms with Crippen molar-refractivity contribution in [3.8, 4) is 5.75 Å². The zero-order valence-corrected chi connectivity index (χ0v) is 17.6. The van der Waals surface area contributed by atoms with Crippen LogP contribution in [0.4, 0.5) is 18.9 Å². The molecule has 12 heteroatoms. The zero-order chi connectivity index (χ0) is 22.6. The molecular formula is C19H18ClF3N2O5S. The van der Waals surface area contributed by atoms with E-state index in [1.807, 2.05) is 0 Å². The van der Waals surface area contributed by atoms with Gasteiger partial charge in [0.2, 0.25) is 10.0 Å². The van der Waals surface area contributed by atoms with Gasteiger partial charge in [0.25, 0.3) is 5.91 Å². The van der Waals surface area contributed by atoms with E-state index in [-0.39, 0.29) is 40.0 Å². The van der Waals surface area contributed by atoms with Gasteiger partial charge in [-0.25, -0.2) is 8.42 Å². The molecule has 3 rings (SSSR count). The predicted octanol–water partition coefficient (Wildman–Crippen LogP) is 3.55. The summed E-state index contributed by atoms with van der Waals surface area (Å²) in [5, 5.41) is 2.62. The maximum Gasteiger partial charge on any atom is 0.422 e. The molecule has 2 aromatic carbocycles. The van der Waals surface area contributed by atoms with Crippen molar-refractivity contribution in [1.82, 2.24) is 4.31 Å². The van der Waals surface area contributed by atoms with Gasteiger partial charge >= 0.3 is 6.18 Å². The minimum absolute atomic E-state index is 0.0166. The fourth-order valence-electron chi connectivity index (χ4n) is 2.79. The molecule has 1 N–H and O–H groups in total. The normalized spacial score (nSPS) is 15.5. The predicted molar refractivity (Wildman–Crippen MR) is 107 cm³/mol. The number of amides is 1. The Morgan fingerprint density at radius 3 is 2.39 bits per heavy atom. The molecule has 31 heavy (non-hydrogen) atoms. The topological polar surface area (TPSA) is 84.9 Å². The van der Waals surface area contributed by atoms with Gasteiger partial charge in [-0.2, -0.15) is 17.5 Å². The average molecular weight is 479 g/mol. The Kier molecular flexibility index (Phi) is 7.10. The van der Waals surface area contributed by atoms with Gasteiger partial charge in [0, 0.05) is 23.7 Å². The molecule has 1 fully saturated rings. The van der Waals surface area contributed by atoms with Gasteiger partial charge in [-0.05, 0) is 42.5 Å². The summed E-state index contributed by atoms with van der Waals surface area (Å²) in [5.74, 6) is -0.879. The molecule has 2 aromatic rings. The lowest BCUT2D eigenvalue weighted by Gasteiger charge is -2.26. The Morgan fingerprint density at radius 2 is 1.77 bits per heavy atom. The van der Waals surface area contributed by atoms with E-state index in [1.54, 1.807) is 0 Å². The van der Waals surface area contributed by atoms with Crippen LogP contribution < -0.4 is 10.1 Å². The van der Waals surface area contributed by atoms with Gasteiger partial charge in [0.15, 0.2) is 6.61 Å². The van der Waals surface area contributed by atoms with Gasteiger partial charge in [0.05, 0.1) is 23.8 Å². The Bertz CT molecular complexity index is 1040. The van der Waals surface area contributed by atoms with E-state index < -0.39 is 28.7 Å². The third-order valence-electron chi connectivity index (χ3n) is 4.31. The molecule has 0 bridgehead atoms. The molecular weight excluding hydrogens is 461 g/mol. The van der Waals surface area contributed by atoms with E-state index in [2.05, 4.69) is 5.32 Å². The number of benzene rings is 2. The number of alkyl halides is 3. The first kappa shape index (κ1) is 23.3. The SMILES string of the molecule is O=C(Nc1cc(Cl)ccc1OCC(F)(F)F)c1ccc(S(=O)(=O)N2CCOCC2)cc1. The van der Waals surface area contributed by atoms with Crippen LogP contribution in [0.1, 0.15) is 10.4 Å². The van der Waals surface area contributed by atoms with Crippen molar-refractivity contribution < 1.29 is 35.9 Å². The zero-order valence-electron chi connectivity index (χ0n) is 16.0. The van der Waals surface area contributed by atoms with Crippen molar-refractivity contribution in [2.24, 2.45) is 0 Å². The van der Waals surface area contributed by atoms with Crippen molar-refractivity contribution in [2.45, 2.75) is 11.1 Å². The first-order chi connectivity index (χ1) is 14.6. The van der Waals surface area contributed by atoms with Crippen molar-refractivity contribution in [1.29, 1.82) is 0 Å². The van der Waals surface area contributed by atoms with Crippen LogP contribution in [0.15, 0.2) is 47.4 Å². The number of nitrogens with one attached hydrogen (secondary N) is 1. The van der Waals surface area contributed by atoms with E-state index in [4.69, 9.17) is 21.1 Å². The van der Waals surface area contributed by atoms with E-state index in [1.165, 1.54) is 46.8 Å². The number of anilines is 1. The molecule has 0 radical (unpaired) electrons. The van der Waals surface area contributed by atoms with Gasteiger partial charge < -0.3 is 14.8 Å². The highest BCUT2D eigenvalue weighted by atomic mass is 35.5. The maximum atomic E-state index is 12.6. The smallest absolute Gasteiger partial charge is 0.422 e. The van der Waals surface area contributed by atoms with Crippen LogP contribution in [-0.2, 0) is 14.8 Å². The molecule has 0 spiro atoms. The third kappa shape index (κ3) is 6.10. The van der Waals surface area contributed by atoms with Crippen LogP contribution in [0.5, 0.6) is 5.75 Å². The largest absolute Gasteiger partial charge is 0.482 e. The number of rotatable bonds is 6. The molecule has 0 atom stereocenters. The number of nitrogens with zero attached hydrogens (tertiary/aromatic N) is 1. The number of sulfonamides is 1. The summed E-state index contributed by atoms with van der Waals surface area (Å²) in [6.45, 7) is -0.456. The molecule has 1 amide bonds. The molecule has 1 heterocycles. The Morgan fingerprint density at radius 1 is 1.13 bits per heavy atom. The highest BCUT2D eigenvalue weighted by molar-refractivity contribution is 7.89. The monoisotopic (exact) mass is 478 g/mol. The Labute approximate surface area is 181 Å². The number of halogens is 4. The number of hydrogen-bond donors (Lipinski definition) is 1. The molecule has 1 saturated heterocycles. The summed E-state index contributed by atoms with van der Waals surface area (Å²) in [4.78, 5) is 12.5. The average Bonchev–Trinajstić information content (AvgIpc) is 2.73. The summed E-state index contributed by atoms with van der Waals surface area (Å²) < 4.78 is 73.8. The first-order valence-electron chi connectivity index (χ1n) is 9.05. The van der Waals surface area contributed by atoms with Crippen molar-refractivity contribution in [3.05, 3.63) is 53.1 Å². The van der Waals surface area contributed by atoms with Crippen LogP contribution in [0.3, 0.4) is 0 Å². The van der Waals surface area contributed by atoms with Crippen LogP contribution in [0.25, 0.3) is 0 Å². The van der Waals surface area contributed by atoms with Crippen molar-refractivity contribution >= 4 is 33.2 Å². The lowest BCUT2D eigenvalue weighted by Crippen LogP contribution is -2.40. The summed E-state index contributed by atoms with van der Waals surface area (Å²) in [5.41, 5.74) is 0.0504. The summed E-state index contributed by atoms with van der Waals surface area (Å²) >= 11 is 5.87. The van der Waals surface area contributed by atoms with Gasteiger partial charge in [-0.3, -0.25) is 4.79 Å². The fraction of sp³-hybridized carbons (Fsp3) is 0.316. The Hall–Kier alpha value is -2.34. The lowest BCUT2D eigenvalue weighted by molar-refractivity contribution is -0.153. The van der Waals surface area contributed by atoms with Crippen LogP contribution in [0, 0.1) is 0 Å². The minimum Gasteiger partial charge on any atom is -0.482 e. The maximum absolute atomic E-state index is 12.6. The van der Waals surface area contributed by atoms with E-state index >= 15 is 0 Å². The van der Waals surface area contributed by atoms with E-state index in [0.717, 1.165) is 0 Å². The number of hydrogen-bond acceptors (Lipinski definition) is 5. The number of ether oxygens (including phenoxy) is 2. The fourth-order valence-corrected chi connectivity index (χ4v) is 4.37. The highest BCUT2D eigenvalue weighted by Crippen LogP contribution is 2.30. The standard InChI is InChI=1S/C19H18ClF3N2O5S/c20-14-3-6-17(30-12-19(21,22)23)16(11-14)24-18(26)13-1-4-15(5-2-13)31(27,28)25-7-9-29-10-8-25/h1-6,11H,7-10,12H2,(H,24,26). The van der Waals surface area contributed by atoms with E-state index in [9.17, 15) is 26.4 Å². The second kappa shape index (κ2) is 9.43. The molecule has 0 aliphatic carbocycles. The lowest BCUT2D eigenvalue weighted by atomic mass is 10.2. The minimum atomic E-state index is -4.55. The molecule has 0 unspecified atom stereocenters. The molecule has 7 nitrogen and oxygen atoms in total. The number of carbonyl (C=O) groups is 1. The number of carbonyl (C=O) groups excluding carboxylic acids is 1. The Balaban J connectivity index is 1.75. The first-order valence-corrected chi connectivity index (χ1v) is 10.9. The summed E-state index contributed by atoms with van der Waals surface area (Å²) in [6.07, 6.45) is -4.55. The molecule has 1 aliphatic rings.